The van der Waals surface area contributed by atoms with E-state index in [1.807, 2.05) is 67.6 Å². The number of esters is 1. The Hall–Kier alpha value is -4.69. The van der Waals surface area contributed by atoms with E-state index >= 15 is 0 Å². The molecular formula is C31H24BrN3O4. The van der Waals surface area contributed by atoms with Gasteiger partial charge < -0.3 is 14.5 Å². The quantitative estimate of drug-likeness (QED) is 0.0946. The molecule has 39 heavy (non-hydrogen) atoms. The van der Waals surface area contributed by atoms with E-state index in [9.17, 15) is 9.59 Å². The Bertz CT molecular complexity index is 1690. The number of aromatic nitrogens is 1. The zero-order valence-corrected chi connectivity index (χ0v) is 22.8. The molecule has 5 aromatic rings. The van der Waals surface area contributed by atoms with Crippen LogP contribution in [0.1, 0.15) is 32.0 Å². The maximum atomic E-state index is 13.3. The Morgan fingerprint density at radius 1 is 0.923 bits per heavy atom. The number of hydrazone groups is 1. The second kappa shape index (κ2) is 11.4. The largest absolute Gasteiger partial charge is 0.495 e. The van der Waals surface area contributed by atoms with Crippen molar-refractivity contribution in [3.63, 3.8) is 0 Å². The molecule has 0 radical (unpaired) electrons. The van der Waals surface area contributed by atoms with Crippen LogP contribution in [0.4, 0.5) is 0 Å². The fraction of sp³-hybridized carbons (Fsp3) is 0.0645. The van der Waals surface area contributed by atoms with Gasteiger partial charge in [0.1, 0.15) is 17.2 Å². The van der Waals surface area contributed by atoms with Crippen molar-refractivity contribution in [1.82, 2.24) is 10.4 Å². The summed E-state index contributed by atoms with van der Waals surface area (Å²) in [5.41, 5.74) is 7.26. The van der Waals surface area contributed by atoms with Gasteiger partial charge in [0.25, 0.3) is 5.91 Å². The van der Waals surface area contributed by atoms with Crippen LogP contribution in [0.2, 0.25) is 0 Å². The number of carbonyl (C=O) groups is 2. The first-order valence-corrected chi connectivity index (χ1v) is 12.9. The van der Waals surface area contributed by atoms with Crippen LogP contribution >= 0.6 is 15.9 Å². The number of methoxy groups -OCH3 is 1. The van der Waals surface area contributed by atoms with E-state index < -0.39 is 11.9 Å². The molecular weight excluding hydrogens is 558 g/mol. The van der Waals surface area contributed by atoms with Gasteiger partial charge in [0.15, 0.2) is 0 Å². The van der Waals surface area contributed by atoms with Crippen molar-refractivity contribution in [2.45, 2.75) is 6.92 Å². The normalized spacial score (nSPS) is 11.1. The molecule has 1 amide bonds. The minimum atomic E-state index is -0.490. The number of ether oxygens (including phenoxy) is 2. The highest BCUT2D eigenvalue weighted by Crippen LogP contribution is 2.36. The van der Waals surface area contributed by atoms with Crippen molar-refractivity contribution in [2.75, 3.05) is 7.11 Å². The lowest BCUT2D eigenvalue weighted by Crippen LogP contribution is -2.19. The standard InChI is InChI=1S/C31H24BrN3O4/c1-19-11-13-21(14-12-19)31(37)39-25-16-15-23(32)17-22(25)18-33-35-30(36)29-27(20-7-4-3-5-8-20)24-9-6-10-26(38-2)28(24)34-29/h3-18,34H,1-2H3,(H,35,36). The summed E-state index contributed by atoms with van der Waals surface area (Å²) in [6.45, 7) is 1.95. The monoisotopic (exact) mass is 581 g/mol. The first kappa shape index (κ1) is 25.9. The molecule has 0 saturated heterocycles. The number of nitrogens with one attached hydrogen (secondary N) is 2. The maximum Gasteiger partial charge on any atom is 0.343 e. The fourth-order valence-electron chi connectivity index (χ4n) is 4.21. The van der Waals surface area contributed by atoms with Crippen LogP contribution in [0.3, 0.4) is 0 Å². The average Bonchev–Trinajstić information content (AvgIpc) is 3.35. The number of hydrogen-bond donors (Lipinski definition) is 2. The van der Waals surface area contributed by atoms with E-state index in [1.165, 1.54) is 6.21 Å². The third kappa shape index (κ3) is 5.61. The summed E-state index contributed by atoms with van der Waals surface area (Å²) < 4.78 is 11.9. The second-order valence-corrected chi connectivity index (χ2v) is 9.68. The molecule has 8 heteroatoms. The van der Waals surface area contributed by atoms with Gasteiger partial charge in [-0.25, -0.2) is 10.2 Å². The van der Waals surface area contributed by atoms with Gasteiger partial charge in [-0.1, -0.05) is 76.1 Å². The van der Waals surface area contributed by atoms with Crippen LogP contribution in [0.5, 0.6) is 11.5 Å². The first-order valence-electron chi connectivity index (χ1n) is 12.1. The summed E-state index contributed by atoms with van der Waals surface area (Å²) in [7, 11) is 1.59. The molecule has 0 saturated carbocycles. The maximum absolute atomic E-state index is 13.3. The van der Waals surface area contributed by atoms with Gasteiger partial charge in [-0.15, -0.1) is 0 Å². The molecule has 2 N–H and O–H groups in total. The van der Waals surface area contributed by atoms with E-state index in [0.717, 1.165) is 26.5 Å². The molecule has 0 fully saturated rings. The number of para-hydroxylation sites is 1. The Labute approximate surface area is 233 Å². The van der Waals surface area contributed by atoms with E-state index in [-0.39, 0.29) is 0 Å². The third-order valence-corrected chi connectivity index (χ3v) is 6.63. The predicted octanol–water partition coefficient (Wildman–Crippen LogP) is 6.90. The summed E-state index contributed by atoms with van der Waals surface area (Å²) in [4.78, 5) is 29.2. The van der Waals surface area contributed by atoms with Crippen molar-refractivity contribution in [3.05, 3.63) is 118 Å². The SMILES string of the molecule is COc1cccc2c(-c3ccccc3)c(C(=O)NN=Cc3cc(Br)ccc3OC(=O)c3ccc(C)cc3)[nH]c12. The van der Waals surface area contributed by atoms with Crippen molar-refractivity contribution in [1.29, 1.82) is 0 Å². The molecule has 0 bridgehead atoms. The lowest BCUT2D eigenvalue weighted by molar-refractivity contribution is 0.0734. The molecule has 0 aliphatic heterocycles. The number of amides is 1. The molecule has 0 aliphatic carbocycles. The minimum absolute atomic E-state index is 0.307. The molecule has 0 atom stereocenters. The highest BCUT2D eigenvalue weighted by atomic mass is 79.9. The summed E-state index contributed by atoms with van der Waals surface area (Å²) in [5, 5.41) is 5.02. The molecule has 194 valence electrons. The number of hydrogen-bond acceptors (Lipinski definition) is 5. The zero-order valence-electron chi connectivity index (χ0n) is 21.2. The minimum Gasteiger partial charge on any atom is -0.495 e. The van der Waals surface area contributed by atoms with Crippen molar-refractivity contribution < 1.29 is 19.1 Å². The number of aromatic amines is 1. The van der Waals surface area contributed by atoms with Crippen LogP contribution in [0.25, 0.3) is 22.0 Å². The van der Waals surface area contributed by atoms with E-state index in [1.54, 1.807) is 37.4 Å². The smallest absolute Gasteiger partial charge is 0.343 e. The summed E-state index contributed by atoms with van der Waals surface area (Å²) in [5.74, 6) is 0.00980. The topological polar surface area (TPSA) is 92.8 Å². The number of carbonyl (C=O) groups excluding carboxylic acids is 2. The molecule has 0 spiro atoms. The number of fused-ring (bicyclic) bond motifs is 1. The molecule has 7 nitrogen and oxygen atoms in total. The highest BCUT2D eigenvalue weighted by Gasteiger charge is 2.21. The van der Waals surface area contributed by atoms with Gasteiger partial charge in [0.05, 0.1) is 24.4 Å². The van der Waals surface area contributed by atoms with Gasteiger partial charge in [-0.2, -0.15) is 5.10 Å². The van der Waals surface area contributed by atoms with Crippen LogP contribution in [0.15, 0.2) is 101 Å². The molecule has 0 aliphatic rings. The van der Waals surface area contributed by atoms with Crippen molar-refractivity contribution in [3.8, 4) is 22.6 Å². The van der Waals surface area contributed by atoms with Crippen LogP contribution in [0, 0.1) is 6.92 Å². The number of H-pyrrole nitrogens is 1. The third-order valence-electron chi connectivity index (χ3n) is 6.14. The predicted molar refractivity (Wildman–Crippen MR) is 156 cm³/mol. The summed E-state index contributed by atoms with van der Waals surface area (Å²) in [6, 6.07) is 27.6. The van der Waals surface area contributed by atoms with Gasteiger partial charge in [-0.3, -0.25) is 4.79 Å². The van der Waals surface area contributed by atoms with Crippen LogP contribution in [-0.4, -0.2) is 30.2 Å². The number of nitrogens with zero attached hydrogens (tertiary/aromatic N) is 1. The Morgan fingerprint density at radius 3 is 2.44 bits per heavy atom. The van der Waals surface area contributed by atoms with Gasteiger partial charge in [0, 0.05) is 21.0 Å². The molecule has 1 aromatic heterocycles. The number of benzene rings is 4. The van der Waals surface area contributed by atoms with Gasteiger partial charge in [-0.05, 0) is 48.9 Å². The van der Waals surface area contributed by atoms with Gasteiger partial charge >= 0.3 is 5.97 Å². The number of halogens is 1. The summed E-state index contributed by atoms with van der Waals surface area (Å²) in [6.07, 6.45) is 1.44. The Morgan fingerprint density at radius 2 is 1.69 bits per heavy atom. The number of rotatable bonds is 7. The zero-order chi connectivity index (χ0) is 27.4. The van der Waals surface area contributed by atoms with Gasteiger partial charge in [0.2, 0.25) is 0 Å². The van der Waals surface area contributed by atoms with E-state index in [2.05, 4.69) is 31.4 Å². The second-order valence-electron chi connectivity index (χ2n) is 8.76. The number of aryl methyl sites for hydroxylation is 1. The molecule has 4 aromatic carbocycles. The van der Waals surface area contributed by atoms with Crippen molar-refractivity contribution >= 4 is 44.9 Å². The van der Waals surface area contributed by atoms with Crippen LogP contribution in [-0.2, 0) is 0 Å². The fourth-order valence-corrected chi connectivity index (χ4v) is 4.59. The Balaban J connectivity index is 1.42. The Kier molecular flexibility index (Phi) is 7.56. The van der Waals surface area contributed by atoms with E-state index in [4.69, 9.17) is 9.47 Å². The average molecular weight is 582 g/mol. The molecule has 5 rings (SSSR count). The highest BCUT2D eigenvalue weighted by molar-refractivity contribution is 9.10. The lowest BCUT2D eigenvalue weighted by atomic mass is 10.0. The summed E-state index contributed by atoms with van der Waals surface area (Å²) >= 11 is 3.44. The molecule has 0 unspecified atom stereocenters. The lowest BCUT2D eigenvalue weighted by Gasteiger charge is -2.08. The molecule has 1 heterocycles. The van der Waals surface area contributed by atoms with E-state index in [0.29, 0.717) is 33.8 Å². The van der Waals surface area contributed by atoms with Crippen LogP contribution < -0.4 is 14.9 Å². The first-order chi connectivity index (χ1) is 18.9. The van der Waals surface area contributed by atoms with Crippen molar-refractivity contribution in [2.24, 2.45) is 5.10 Å².